The van der Waals surface area contributed by atoms with Gasteiger partial charge in [0.05, 0.1) is 13.2 Å². The Morgan fingerprint density at radius 1 is 1.35 bits per heavy atom. The summed E-state index contributed by atoms with van der Waals surface area (Å²) in [7, 11) is 1.60. The molecule has 1 saturated carbocycles. The zero-order valence-corrected chi connectivity index (χ0v) is 10.7. The summed E-state index contributed by atoms with van der Waals surface area (Å²) in [6, 6.07) is 0. The first kappa shape index (κ1) is 14.4. The van der Waals surface area contributed by atoms with Crippen LogP contribution in [0.3, 0.4) is 0 Å². The monoisotopic (exact) mass is 244 g/mol. The lowest BCUT2D eigenvalue weighted by atomic mass is 9.83. The van der Waals surface area contributed by atoms with Gasteiger partial charge in [-0.05, 0) is 12.8 Å². The Hall–Kier alpha value is -0.650. The largest absolute Gasteiger partial charge is 0.383 e. The average Bonchev–Trinajstić information content (AvgIpc) is 2.30. The molecule has 0 spiro atoms. The molecule has 0 aromatic carbocycles. The molecule has 17 heavy (non-hydrogen) atoms. The van der Waals surface area contributed by atoms with Gasteiger partial charge in [-0.15, -0.1) is 0 Å². The van der Waals surface area contributed by atoms with Gasteiger partial charge in [0.1, 0.15) is 6.61 Å². The van der Waals surface area contributed by atoms with Crippen LogP contribution in [0, 0.1) is 0 Å². The molecule has 1 aliphatic rings. The van der Waals surface area contributed by atoms with Crippen molar-refractivity contribution in [3.05, 3.63) is 0 Å². The number of rotatable bonds is 7. The number of carbonyl (C=O) groups is 1. The topological polar surface area (TPSA) is 73.6 Å². The van der Waals surface area contributed by atoms with Crippen LogP contribution < -0.4 is 11.1 Å². The zero-order valence-electron chi connectivity index (χ0n) is 10.7. The first-order chi connectivity index (χ1) is 8.16. The maximum atomic E-state index is 11.3. The fourth-order valence-electron chi connectivity index (χ4n) is 2.09. The van der Waals surface area contributed by atoms with Crippen LogP contribution in [0.2, 0.25) is 0 Å². The summed E-state index contributed by atoms with van der Waals surface area (Å²) >= 11 is 0. The van der Waals surface area contributed by atoms with Gasteiger partial charge in [-0.2, -0.15) is 0 Å². The van der Waals surface area contributed by atoms with Crippen molar-refractivity contribution in [2.45, 2.75) is 37.6 Å². The Balaban J connectivity index is 2.07. The van der Waals surface area contributed by atoms with E-state index in [-0.39, 0.29) is 18.1 Å². The van der Waals surface area contributed by atoms with Crippen LogP contribution in [0.1, 0.15) is 32.1 Å². The molecule has 1 aliphatic carbocycles. The molecule has 5 nitrogen and oxygen atoms in total. The third kappa shape index (κ3) is 6.00. The first-order valence-electron chi connectivity index (χ1n) is 6.28. The molecule has 0 unspecified atom stereocenters. The molecule has 0 aromatic rings. The van der Waals surface area contributed by atoms with Crippen molar-refractivity contribution in [1.29, 1.82) is 0 Å². The van der Waals surface area contributed by atoms with E-state index < -0.39 is 0 Å². The molecule has 0 saturated heterocycles. The highest BCUT2D eigenvalue weighted by Gasteiger charge is 2.27. The van der Waals surface area contributed by atoms with E-state index >= 15 is 0 Å². The molecule has 0 atom stereocenters. The summed E-state index contributed by atoms with van der Waals surface area (Å²) in [6.45, 7) is 1.60. The molecular formula is C12H24N2O3. The summed E-state index contributed by atoms with van der Waals surface area (Å²) < 4.78 is 10.2. The minimum atomic E-state index is -0.217. The average molecular weight is 244 g/mol. The van der Waals surface area contributed by atoms with Gasteiger partial charge in [0.2, 0.25) is 5.91 Å². The lowest BCUT2D eigenvalue weighted by Gasteiger charge is -2.32. The van der Waals surface area contributed by atoms with E-state index in [2.05, 4.69) is 5.32 Å². The van der Waals surface area contributed by atoms with Gasteiger partial charge >= 0.3 is 0 Å². The molecule has 100 valence electrons. The van der Waals surface area contributed by atoms with Crippen molar-refractivity contribution in [2.24, 2.45) is 5.73 Å². The molecule has 0 heterocycles. The normalized spacial score (nSPS) is 18.9. The van der Waals surface area contributed by atoms with E-state index in [1.54, 1.807) is 7.11 Å². The van der Waals surface area contributed by atoms with Gasteiger partial charge in [0, 0.05) is 19.2 Å². The Morgan fingerprint density at radius 3 is 2.71 bits per heavy atom. The fraction of sp³-hybridized carbons (Fsp3) is 0.917. The Kier molecular flexibility index (Phi) is 6.47. The number of methoxy groups -OCH3 is 1. The Bertz CT molecular complexity index is 228. The smallest absolute Gasteiger partial charge is 0.246 e. The molecule has 3 N–H and O–H groups in total. The molecule has 0 aliphatic heterocycles. The van der Waals surface area contributed by atoms with E-state index in [9.17, 15) is 4.79 Å². The van der Waals surface area contributed by atoms with Gasteiger partial charge in [-0.1, -0.05) is 19.3 Å². The van der Waals surface area contributed by atoms with Crippen LogP contribution >= 0.6 is 0 Å². The van der Waals surface area contributed by atoms with Crippen LogP contribution in [-0.2, 0) is 14.3 Å². The zero-order chi connectivity index (χ0) is 12.6. The highest BCUT2D eigenvalue weighted by molar-refractivity contribution is 5.77. The number of amides is 1. The molecule has 5 heteroatoms. The van der Waals surface area contributed by atoms with Crippen LogP contribution in [0.4, 0.5) is 0 Å². The number of carbonyl (C=O) groups excluding carboxylic acids is 1. The van der Waals surface area contributed by atoms with Crippen molar-refractivity contribution in [1.82, 2.24) is 5.32 Å². The summed E-state index contributed by atoms with van der Waals surface area (Å²) in [5.41, 5.74) is 5.97. The predicted molar refractivity (Wildman–Crippen MR) is 65.7 cm³/mol. The van der Waals surface area contributed by atoms with E-state index in [0.717, 1.165) is 12.8 Å². The summed E-state index contributed by atoms with van der Waals surface area (Å²) in [5, 5.41) is 2.70. The van der Waals surface area contributed by atoms with Gasteiger partial charge in [-0.3, -0.25) is 4.79 Å². The maximum Gasteiger partial charge on any atom is 0.246 e. The van der Waals surface area contributed by atoms with Crippen molar-refractivity contribution in [3.8, 4) is 0 Å². The fourth-order valence-corrected chi connectivity index (χ4v) is 2.09. The molecule has 1 rings (SSSR count). The quantitative estimate of drug-likeness (QED) is 0.637. The summed E-state index contributed by atoms with van der Waals surface area (Å²) in [5.74, 6) is -0.110. The van der Waals surface area contributed by atoms with Crippen LogP contribution in [0.25, 0.3) is 0 Å². The summed E-state index contributed by atoms with van der Waals surface area (Å²) in [4.78, 5) is 11.3. The molecular weight excluding hydrogens is 220 g/mol. The van der Waals surface area contributed by atoms with E-state index in [1.807, 2.05) is 0 Å². The van der Waals surface area contributed by atoms with Gasteiger partial charge in [0.15, 0.2) is 0 Å². The van der Waals surface area contributed by atoms with Crippen LogP contribution in [-0.4, -0.2) is 44.9 Å². The predicted octanol–water partition coefficient (Wildman–Crippen LogP) is 0.427. The molecule has 0 radical (unpaired) electrons. The second-order valence-corrected chi connectivity index (χ2v) is 4.76. The maximum absolute atomic E-state index is 11.3. The van der Waals surface area contributed by atoms with Crippen LogP contribution in [0.15, 0.2) is 0 Å². The second-order valence-electron chi connectivity index (χ2n) is 4.76. The standard InChI is InChI=1S/C12H24N2O3/c1-16-8-7-14-11(15)9-17-10-12(13)5-3-2-4-6-12/h2-10,13H2,1H3,(H,14,15). The molecule has 0 aromatic heterocycles. The van der Waals surface area contributed by atoms with Crippen molar-refractivity contribution >= 4 is 5.91 Å². The van der Waals surface area contributed by atoms with Crippen molar-refractivity contribution in [3.63, 3.8) is 0 Å². The van der Waals surface area contributed by atoms with E-state index in [0.29, 0.717) is 19.8 Å². The number of hydrogen-bond acceptors (Lipinski definition) is 4. The highest BCUT2D eigenvalue weighted by Crippen LogP contribution is 2.25. The van der Waals surface area contributed by atoms with Crippen molar-refractivity contribution in [2.75, 3.05) is 33.5 Å². The Labute approximate surface area is 103 Å². The van der Waals surface area contributed by atoms with Gasteiger partial charge in [0.25, 0.3) is 0 Å². The summed E-state index contributed by atoms with van der Waals surface area (Å²) in [6.07, 6.45) is 5.59. The van der Waals surface area contributed by atoms with Gasteiger partial charge in [-0.25, -0.2) is 0 Å². The second kappa shape index (κ2) is 7.63. The number of ether oxygens (including phenoxy) is 2. The lowest BCUT2D eigenvalue weighted by Crippen LogP contribution is -2.46. The molecule has 1 fully saturated rings. The van der Waals surface area contributed by atoms with Gasteiger partial charge < -0.3 is 20.5 Å². The van der Waals surface area contributed by atoms with E-state index in [1.165, 1.54) is 19.3 Å². The highest BCUT2D eigenvalue weighted by atomic mass is 16.5. The molecule has 1 amide bonds. The minimum Gasteiger partial charge on any atom is -0.383 e. The third-order valence-corrected chi connectivity index (χ3v) is 3.10. The Morgan fingerprint density at radius 2 is 2.06 bits per heavy atom. The lowest BCUT2D eigenvalue weighted by molar-refractivity contribution is -0.126. The first-order valence-corrected chi connectivity index (χ1v) is 6.28. The number of nitrogens with one attached hydrogen (secondary N) is 1. The molecule has 0 bridgehead atoms. The van der Waals surface area contributed by atoms with Crippen LogP contribution in [0.5, 0.6) is 0 Å². The van der Waals surface area contributed by atoms with E-state index in [4.69, 9.17) is 15.2 Å². The number of hydrogen-bond donors (Lipinski definition) is 2. The SMILES string of the molecule is COCCNC(=O)COCC1(N)CCCCC1. The minimum absolute atomic E-state index is 0.0860. The number of nitrogens with two attached hydrogens (primary N) is 1. The third-order valence-electron chi connectivity index (χ3n) is 3.10. The van der Waals surface area contributed by atoms with Crippen molar-refractivity contribution < 1.29 is 14.3 Å².